The van der Waals surface area contributed by atoms with E-state index in [4.69, 9.17) is 18.9 Å². The van der Waals surface area contributed by atoms with Gasteiger partial charge in [-0.15, -0.1) is 11.3 Å². The summed E-state index contributed by atoms with van der Waals surface area (Å²) >= 11 is 1.37. The summed E-state index contributed by atoms with van der Waals surface area (Å²) in [5.41, 5.74) is 1.36. The monoisotopic (exact) mass is 466 g/mol. The van der Waals surface area contributed by atoms with Gasteiger partial charge < -0.3 is 24.3 Å². The molecule has 0 saturated carbocycles. The van der Waals surface area contributed by atoms with Crippen molar-refractivity contribution in [2.24, 2.45) is 0 Å². The average Bonchev–Trinajstić information content (AvgIpc) is 3.44. The Hall–Kier alpha value is -3.98. The van der Waals surface area contributed by atoms with E-state index >= 15 is 0 Å². The number of hydrogen-bond acceptors (Lipinski definition) is 8. The van der Waals surface area contributed by atoms with Crippen molar-refractivity contribution >= 4 is 40.1 Å². The molecular weight excluding hydrogens is 444 g/mol. The van der Waals surface area contributed by atoms with Crippen LogP contribution in [0.5, 0.6) is 23.0 Å². The maximum absolute atomic E-state index is 13.5. The molecule has 0 spiro atoms. The quantitative estimate of drug-likeness (QED) is 0.499. The van der Waals surface area contributed by atoms with Crippen LogP contribution in [0.25, 0.3) is 5.57 Å². The van der Waals surface area contributed by atoms with E-state index in [1.165, 1.54) is 39.8 Å². The lowest BCUT2D eigenvalue weighted by atomic mass is 10.1. The first-order chi connectivity index (χ1) is 16.0. The molecule has 1 aliphatic rings. The highest BCUT2D eigenvalue weighted by molar-refractivity contribution is 7.11. The van der Waals surface area contributed by atoms with Crippen molar-refractivity contribution in [3.63, 3.8) is 0 Å². The van der Waals surface area contributed by atoms with Gasteiger partial charge in [0.1, 0.15) is 17.2 Å². The number of benzene rings is 2. The number of hydrogen-bond donors (Lipinski definition) is 1. The van der Waals surface area contributed by atoms with Crippen LogP contribution in [-0.4, -0.2) is 40.3 Å². The minimum absolute atomic E-state index is 0.160. The molecule has 0 saturated heterocycles. The smallest absolute Gasteiger partial charge is 0.282 e. The van der Waals surface area contributed by atoms with Crippen LogP contribution in [0.2, 0.25) is 0 Å². The Bertz CT molecular complexity index is 1210. The van der Waals surface area contributed by atoms with Crippen molar-refractivity contribution < 1.29 is 28.5 Å². The van der Waals surface area contributed by atoms with Gasteiger partial charge in [0.2, 0.25) is 0 Å². The van der Waals surface area contributed by atoms with Gasteiger partial charge in [-0.05, 0) is 23.6 Å². The molecule has 1 aromatic heterocycles. The third-order valence-corrected chi connectivity index (χ3v) is 5.98. The molecule has 8 nitrogen and oxygen atoms in total. The number of carbonyl (C=O) groups excluding carboxylic acids is 2. The second kappa shape index (κ2) is 9.25. The predicted octanol–water partition coefficient (Wildman–Crippen LogP) is 4.18. The third kappa shape index (κ3) is 4.10. The number of imide groups is 1. The van der Waals surface area contributed by atoms with Gasteiger partial charge in [0.15, 0.2) is 11.5 Å². The second-order valence-electron chi connectivity index (χ2n) is 6.94. The fraction of sp³-hybridized carbons (Fsp3) is 0.167. The summed E-state index contributed by atoms with van der Waals surface area (Å²) in [5, 5.41) is 4.97. The summed E-state index contributed by atoms with van der Waals surface area (Å²) in [5.74, 6) is 1.07. The van der Waals surface area contributed by atoms with Gasteiger partial charge in [0.25, 0.3) is 11.8 Å². The van der Waals surface area contributed by atoms with E-state index in [9.17, 15) is 9.59 Å². The Morgan fingerprint density at radius 1 is 0.788 bits per heavy atom. The summed E-state index contributed by atoms with van der Waals surface area (Å²) in [6, 6.07) is 13.7. The third-order valence-electron chi connectivity index (χ3n) is 5.10. The zero-order valence-corrected chi connectivity index (χ0v) is 19.3. The molecular formula is C24H22N2O6S. The van der Waals surface area contributed by atoms with Crippen LogP contribution in [0.4, 0.5) is 11.4 Å². The zero-order valence-electron chi connectivity index (χ0n) is 18.5. The standard InChI is InChI=1S/C24H22N2O6S/c1-29-16-10-14(11-17(13-16)30-2)25-22-21(20-6-5-9-33-20)23(27)26(24(22)28)15-7-8-18(31-3)19(12-15)32-4/h5-13,25H,1-4H3. The summed E-state index contributed by atoms with van der Waals surface area (Å²) < 4.78 is 21.3. The van der Waals surface area contributed by atoms with Gasteiger partial charge in [0.05, 0.1) is 39.7 Å². The van der Waals surface area contributed by atoms with E-state index < -0.39 is 11.8 Å². The highest BCUT2D eigenvalue weighted by Crippen LogP contribution is 2.39. The molecule has 9 heteroatoms. The number of amides is 2. The Morgan fingerprint density at radius 2 is 1.48 bits per heavy atom. The molecule has 0 bridgehead atoms. The van der Waals surface area contributed by atoms with Crippen LogP contribution in [0, 0.1) is 0 Å². The van der Waals surface area contributed by atoms with Gasteiger partial charge in [-0.1, -0.05) is 6.07 Å². The molecule has 1 N–H and O–H groups in total. The lowest BCUT2D eigenvalue weighted by molar-refractivity contribution is -0.120. The molecule has 2 amide bonds. The van der Waals surface area contributed by atoms with Crippen LogP contribution < -0.4 is 29.2 Å². The first kappa shape index (κ1) is 22.2. The Morgan fingerprint density at radius 3 is 2.06 bits per heavy atom. The molecule has 33 heavy (non-hydrogen) atoms. The largest absolute Gasteiger partial charge is 0.497 e. The first-order valence-electron chi connectivity index (χ1n) is 9.89. The Balaban J connectivity index is 1.79. The zero-order chi connectivity index (χ0) is 23.5. The fourth-order valence-corrected chi connectivity index (χ4v) is 4.29. The summed E-state index contributed by atoms with van der Waals surface area (Å²) in [6.45, 7) is 0. The number of methoxy groups -OCH3 is 4. The summed E-state index contributed by atoms with van der Waals surface area (Å²) in [6.07, 6.45) is 0. The Kier molecular flexibility index (Phi) is 6.23. The van der Waals surface area contributed by atoms with Crippen LogP contribution >= 0.6 is 11.3 Å². The minimum Gasteiger partial charge on any atom is -0.497 e. The number of thiophene rings is 1. The second-order valence-corrected chi connectivity index (χ2v) is 7.89. The maximum atomic E-state index is 13.5. The topological polar surface area (TPSA) is 86.3 Å². The molecule has 170 valence electrons. The molecule has 2 heterocycles. The fourth-order valence-electron chi connectivity index (χ4n) is 3.52. The van der Waals surface area contributed by atoms with E-state index in [2.05, 4.69) is 5.32 Å². The number of nitrogens with one attached hydrogen (secondary N) is 1. The van der Waals surface area contributed by atoms with Gasteiger partial charge in [-0.2, -0.15) is 0 Å². The van der Waals surface area contributed by atoms with E-state index in [0.29, 0.717) is 39.2 Å². The van der Waals surface area contributed by atoms with E-state index in [1.807, 2.05) is 11.4 Å². The predicted molar refractivity (Wildman–Crippen MR) is 126 cm³/mol. The van der Waals surface area contributed by atoms with E-state index in [1.54, 1.807) is 42.5 Å². The van der Waals surface area contributed by atoms with Gasteiger partial charge in [0, 0.05) is 34.8 Å². The summed E-state index contributed by atoms with van der Waals surface area (Å²) in [4.78, 5) is 28.8. The number of carbonyl (C=O) groups is 2. The molecule has 0 aliphatic carbocycles. The average molecular weight is 467 g/mol. The highest BCUT2D eigenvalue weighted by atomic mass is 32.1. The van der Waals surface area contributed by atoms with Crippen LogP contribution in [0.3, 0.4) is 0 Å². The molecule has 0 unspecified atom stereocenters. The van der Waals surface area contributed by atoms with Crippen LogP contribution in [0.15, 0.2) is 59.6 Å². The van der Waals surface area contributed by atoms with Crippen molar-refractivity contribution in [3.05, 3.63) is 64.5 Å². The van der Waals surface area contributed by atoms with Crippen molar-refractivity contribution in [2.45, 2.75) is 0 Å². The number of nitrogens with zero attached hydrogens (tertiary/aromatic N) is 1. The van der Waals surface area contributed by atoms with Crippen molar-refractivity contribution in [3.8, 4) is 23.0 Å². The molecule has 0 radical (unpaired) electrons. The molecule has 1 aliphatic heterocycles. The number of anilines is 2. The normalized spacial score (nSPS) is 13.4. The summed E-state index contributed by atoms with van der Waals surface area (Å²) in [7, 11) is 6.09. The lowest BCUT2D eigenvalue weighted by Gasteiger charge is -2.17. The van der Waals surface area contributed by atoms with Gasteiger partial charge in [-0.25, -0.2) is 4.90 Å². The van der Waals surface area contributed by atoms with Gasteiger partial charge in [-0.3, -0.25) is 9.59 Å². The number of rotatable bonds is 8. The highest BCUT2D eigenvalue weighted by Gasteiger charge is 2.41. The van der Waals surface area contributed by atoms with E-state index in [-0.39, 0.29) is 11.3 Å². The molecule has 4 rings (SSSR count). The molecule has 2 aromatic carbocycles. The minimum atomic E-state index is -0.489. The molecule has 0 atom stereocenters. The van der Waals surface area contributed by atoms with E-state index in [0.717, 1.165) is 4.90 Å². The van der Waals surface area contributed by atoms with Crippen molar-refractivity contribution in [2.75, 3.05) is 38.7 Å². The maximum Gasteiger partial charge on any atom is 0.282 e. The van der Waals surface area contributed by atoms with Crippen LogP contribution in [0.1, 0.15) is 4.88 Å². The molecule has 3 aromatic rings. The SMILES string of the molecule is COc1cc(NC2=C(c3cccs3)C(=O)N(c3ccc(OC)c(OC)c3)C2=O)cc(OC)c1. The van der Waals surface area contributed by atoms with Crippen molar-refractivity contribution in [1.82, 2.24) is 0 Å². The number of ether oxygens (including phenoxy) is 4. The Labute approximate surface area is 194 Å². The van der Waals surface area contributed by atoms with Crippen LogP contribution in [-0.2, 0) is 9.59 Å². The lowest BCUT2D eigenvalue weighted by Crippen LogP contribution is -2.32. The van der Waals surface area contributed by atoms with Gasteiger partial charge >= 0.3 is 0 Å². The first-order valence-corrected chi connectivity index (χ1v) is 10.8. The van der Waals surface area contributed by atoms with Crippen molar-refractivity contribution in [1.29, 1.82) is 0 Å². The molecule has 0 fully saturated rings.